The maximum atomic E-state index is 12.5. The highest BCUT2D eigenvalue weighted by molar-refractivity contribution is 6.07. The summed E-state index contributed by atoms with van der Waals surface area (Å²) >= 11 is 0. The van der Waals surface area contributed by atoms with Crippen molar-refractivity contribution in [1.29, 1.82) is 5.26 Å². The molecule has 0 aromatic heterocycles. The van der Waals surface area contributed by atoms with Gasteiger partial charge in [0.2, 0.25) is 0 Å². The molecule has 150 valence electrons. The normalized spacial score (nSPS) is 10.7. The van der Waals surface area contributed by atoms with Crippen LogP contribution in [-0.2, 0) is 11.3 Å². The minimum Gasteiger partial charge on any atom is -0.494 e. The number of nitrogens with one attached hydrogen (secondary N) is 1. The molecule has 0 heterocycles. The van der Waals surface area contributed by atoms with Crippen LogP contribution in [-0.4, -0.2) is 41.1 Å². The third-order valence-electron chi connectivity index (χ3n) is 3.94. The van der Waals surface area contributed by atoms with Crippen molar-refractivity contribution in [2.24, 2.45) is 0 Å². The van der Waals surface area contributed by atoms with Crippen LogP contribution in [0.25, 0.3) is 0 Å². The first-order valence-corrected chi connectivity index (χ1v) is 8.63. The first-order valence-electron chi connectivity index (χ1n) is 8.63. The molecule has 9 heteroatoms. The maximum Gasteiger partial charge on any atom is 0.273 e. The van der Waals surface area contributed by atoms with Crippen molar-refractivity contribution < 1.29 is 19.6 Å². The highest BCUT2D eigenvalue weighted by atomic mass is 16.6. The molecule has 0 saturated heterocycles. The number of aliphatic hydroxyl groups excluding tert-OH is 1. The van der Waals surface area contributed by atoms with E-state index in [9.17, 15) is 25.3 Å². The van der Waals surface area contributed by atoms with E-state index in [4.69, 9.17) is 4.74 Å². The fourth-order valence-corrected chi connectivity index (χ4v) is 2.54. The van der Waals surface area contributed by atoms with E-state index in [1.807, 2.05) is 36.4 Å². The average molecular weight is 396 g/mol. The van der Waals surface area contributed by atoms with Gasteiger partial charge in [0.15, 0.2) is 0 Å². The van der Waals surface area contributed by atoms with E-state index in [-0.39, 0.29) is 35.8 Å². The number of nitrogens with zero attached hydrogens (tertiary/aromatic N) is 3. The van der Waals surface area contributed by atoms with Gasteiger partial charge in [0, 0.05) is 25.4 Å². The monoisotopic (exact) mass is 396 g/mol. The lowest BCUT2D eigenvalue weighted by atomic mass is 10.2. The third kappa shape index (κ3) is 6.05. The van der Waals surface area contributed by atoms with Gasteiger partial charge >= 0.3 is 0 Å². The lowest BCUT2D eigenvalue weighted by molar-refractivity contribution is -0.384. The van der Waals surface area contributed by atoms with E-state index >= 15 is 0 Å². The minimum atomic E-state index is -0.698. The van der Waals surface area contributed by atoms with Crippen LogP contribution < -0.4 is 10.1 Å². The largest absolute Gasteiger partial charge is 0.494 e. The first kappa shape index (κ1) is 21.4. The predicted octanol–water partition coefficient (Wildman–Crippen LogP) is 2.44. The molecule has 2 N–H and O–H groups in total. The lowest BCUT2D eigenvalue weighted by Gasteiger charge is -2.20. The van der Waals surface area contributed by atoms with E-state index in [0.717, 1.165) is 5.56 Å². The smallest absolute Gasteiger partial charge is 0.273 e. The van der Waals surface area contributed by atoms with Crippen LogP contribution >= 0.6 is 0 Å². The fourth-order valence-electron chi connectivity index (χ4n) is 2.54. The molecule has 0 spiro atoms. The van der Waals surface area contributed by atoms with E-state index in [2.05, 4.69) is 5.32 Å². The number of aliphatic hydroxyl groups is 1. The molecule has 0 atom stereocenters. The zero-order valence-electron chi connectivity index (χ0n) is 15.7. The molecule has 0 fully saturated rings. The second-order valence-electron chi connectivity index (χ2n) is 5.93. The molecule has 2 rings (SSSR count). The number of non-ortho nitro benzene ring substituents is 1. The van der Waals surface area contributed by atoms with Crippen molar-refractivity contribution in [3.05, 3.63) is 76.0 Å². The SMILES string of the molecule is COc1cc([N+](=O)[O-])ccc1NC(=O)/C(C#N)=C\N(CCO)Cc1ccccc1. The summed E-state index contributed by atoms with van der Waals surface area (Å²) in [5.41, 5.74) is 0.774. The molecule has 0 aliphatic heterocycles. The molecular weight excluding hydrogens is 376 g/mol. The molecule has 2 aromatic rings. The molecule has 0 aliphatic carbocycles. The summed E-state index contributed by atoms with van der Waals surface area (Å²) in [6.45, 7) is 0.481. The number of anilines is 1. The molecular formula is C20H20N4O5. The molecule has 0 unspecified atom stereocenters. The molecule has 1 amide bonds. The summed E-state index contributed by atoms with van der Waals surface area (Å²) in [6, 6.07) is 15.0. The summed E-state index contributed by atoms with van der Waals surface area (Å²) < 4.78 is 5.08. The summed E-state index contributed by atoms with van der Waals surface area (Å²) in [7, 11) is 1.32. The van der Waals surface area contributed by atoms with Gasteiger partial charge in [-0.3, -0.25) is 14.9 Å². The Balaban J connectivity index is 2.22. The Bertz CT molecular complexity index is 938. The Morgan fingerprint density at radius 1 is 1.34 bits per heavy atom. The van der Waals surface area contributed by atoms with Crippen molar-refractivity contribution in [2.45, 2.75) is 6.54 Å². The fraction of sp³-hybridized carbons (Fsp3) is 0.200. The molecule has 0 bridgehead atoms. The Hall–Kier alpha value is -3.90. The number of hydrogen-bond acceptors (Lipinski definition) is 7. The number of carbonyl (C=O) groups excluding carboxylic acids is 1. The number of rotatable bonds is 9. The zero-order valence-corrected chi connectivity index (χ0v) is 15.7. The van der Waals surface area contributed by atoms with Gasteiger partial charge < -0.3 is 20.1 Å². The zero-order chi connectivity index (χ0) is 21.2. The molecule has 29 heavy (non-hydrogen) atoms. The number of nitro groups is 1. The van der Waals surface area contributed by atoms with Crippen molar-refractivity contribution in [1.82, 2.24) is 4.90 Å². The number of nitriles is 1. The van der Waals surface area contributed by atoms with E-state index in [0.29, 0.717) is 6.54 Å². The standard InChI is InChI=1S/C20H20N4O5/c1-29-19-11-17(24(27)28)7-8-18(19)22-20(26)16(12-21)14-23(9-10-25)13-15-5-3-2-4-6-15/h2-8,11,14,25H,9-10,13H2,1H3,(H,22,26)/b16-14-. The Morgan fingerprint density at radius 3 is 2.66 bits per heavy atom. The molecule has 0 radical (unpaired) electrons. The number of amides is 1. The van der Waals surface area contributed by atoms with Crippen molar-refractivity contribution in [3.63, 3.8) is 0 Å². The number of carbonyl (C=O) groups is 1. The number of ether oxygens (including phenoxy) is 1. The molecule has 9 nitrogen and oxygen atoms in total. The van der Waals surface area contributed by atoms with E-state index in [1.54, 1.807) is 4.90 Å². The van der Waals surface area contributed by atoms with Crippen LogP contribution in [0.5, 0.6) is 5.75 Å². The maximum absolute atomic E-state index is 12.5. The van der Waals surface area contributed by atoms with Crippen LogP contribution in [0.15, 0.2) is 60.3 Å². The summed E-state index contributed by atoms with van der Waals surface area (Å²) in [6.07, 6.45) is 1.37. The van der Waals surface area contributed by atoms with Crippen LogP contribution in [0, 0.1) is 21.4 Å². The highest BCUT2D eigenvalue weighted by Gasteiger charge is 2.17. The second-order valence-corrected chi connectivity index (χ2v) is 5.93. The third-order valence-corrected chi connectivity index (χ3v) is 3.94. The van der Waals surface area contributed by atoms with E-state index < -0.39 is 10.8 Å². The Morgan fingerprint density at radius 2 is 2.07 bits per heavy atom. The number of hydrogen-bond donors (Lipinski definition) is 2. The van der Waals surface area contributed by atoms with Gasteiger partial charge in [-0.25, -0.2) is 0 Å². The highest BCUT2D eigenvalue weighted by Crippen LogP contribution is 2.29. The lowest BCUT2D eigenvalue weighted by Crippen LogP contribution is -2.24. The van der Waals surface area contributed by atoms with Gasteiger partial charge in [-0.2, -0.15) is 5.26 Å². The van der Waals surface area contributed by atoms with Gasteiger partial charge in [-0.1, -0.05) is 30.3 Å². The quantitative estimate of drug-likeness (QED) is 0.288. The van der Waals surface area contributed by atoms with Gasteiger partial charge in [0.05, 0.1) is 30.4 Å². The summed E-state index contributed by atoms with van der Waals surface area (Å²) in [4.78, 5) is 24.5. The Kier molecular flexibility index (Phi) is 7.70. The number of benzene rings is 2. The van der Waals surface area contributed by atoms with Crippen LogP contribution in [0.1, 0.15) is 5.56 Å². The molecule has 2 aromatic carbocycles. The van der Waals surface area contributed by atoms with Crippen molar-refractivity contribution in [3.8, 4) is 11.8 Å². The van der Waals surface area contributed by atoms with Gasteiger partial charge in [0.25, 0.3) is 11.6 Å². The van der Waals surface area contributed by atoms with Gasteiger partial charge in [-0.05, 0) is 11.6 Å². The van der Waals surface area contributed by atoms with Crippen molar-refractivity contribution >= 4 is 17.3 Å². The van der Waals surface area contributed by atoms with Crippen LogP contribution in [0.2, 0.25) is 0 Å². The average Bonchev–Trinajstić information content (AvgIpc) is 2.72. The topological polar surface area (TPSA) is 129 Å². The predicted molar refractivity (Wildman–Crippen MR) is 106 cm³/mol. The first-order chi connectivity index (χ1) is 14.0. The minimum absolute atomic E-state index is 0.0985. The number of nitro benzene ring substituents is 1. The Labute approximate surface area is 167 Å². The second kappa shape index (κ2) is 10.4. The number of methoxy groups -OCH3 is 1. The van der Waals surface area contributed by atoms with Gasteiger partial charge in [0.1, 0.15) is 17.4 Å². The van der Waals surface area contributed by atoms with Crippen molar-refractivity contribution in [2.75, 3.05) is 25.6 Å². The molecule has 0 aliphatic rings. The van der Waals surface area contributed by atoms with Gasteiger partial charge in [-0.15, -0.1) is 0 Å². The van der Waals surface area contributed by atoms with Crippen LogP contribution in [0.4, 0.5) is 11.4 Å². The summed E-state index contributed by atoms with van der Waals surface area (Å²) in [5.74, 6) is -0.600. The van der Waals surface area contributed by atoms with Crippen LogP contribution in [0.3, 0.4) is 0 Å². The molecule has 0 saturated carbocycles. The summed E-state index contributed by atoms with van der Waals surface area (Å²) in [5, 5.41) is 32.1. The van der Waals surface area contributed by atoms with E-state index in [1.165, 1.54) is 31.5 Å².